The summed E-state index contributed by atoms with van der Waals surface area (Å²) in [4.78, 5) is 11.0. The number of halogens is 2. The van der Waals surface area contributed by atoms with Gasteiger partial charge in [-0.3, -0.25) is 4.79 Å². The molecule has 3 rings (SSSR count). The molecule has 2 aromatic rings. The van der Waals surface area contributed by atoms with Crippen molar-refractivity contribution in [2.45, 2.75) is 38.3 Å². The number of nitrogens with zero attached hydrogens (tertiary/aromatic N) is 3. The van der Waals surface area contributed by atoms with E-state index < -0.39 is 5.97 Å². The largest absolute Gasteiger partial charge is 0.481 e. The number of benzene rings is 1. The summed E-state index contributed by atoms with van der Waals surface area (Å²) in [5.41, 5.74) is 1.48. The van der Waals surface area contributed by atoms with Gasteiger partial charge in [0.05, 0.1) is 33.5 Å². The van der Waals surface area contributed by atoms with Gasteiger partial charge < -0.3 is 10.4 Å². The molecule has 128 valence electrons. The highest BCUT2D eigenvalue weighted by molar-refractivity contribution is 6.43. The van der Waals surface area contributed by atoms with Crippen LogP contribution in [0, 0.1) is 5.92 Å². The number of rotatable bonds is 5. The second kappa shape index (κ2) is 7.51. The van der Waals surface area contributed by atoms with E-state index in [0.29, 0.717) is 28.3 Å². The Morgan fingerprint density at radius 3 is 2.75 bits per heavy atom. The molecule has 8 heteroatoms. The summed E-state index contributed by atoms with van der Waals surface area (Å²) in [6, 6.07) is 5.68. The first-order chi connectivity index (χ1) is 11.5. The molecule has 6 nitrogen and oxygen atoms in total. The number of nitrogens with one attached hydrogen (secondary N) is 1. The quantitative estimate of drug-likeness (QED) is 0.845. The number of aromatic nitrogens is 3. The average Bonchev–Trinajstić information content (AvgIpc) is 3.04. The molecule has 0 bridgehead atoms. The van der Waals surface area contributed by atoms with Crippen LogP contribution in [0.4, 0.5) is 0 Å². The lowest BCUT2D eigenvalue weighted by Crippen LogP contribution is -2.34. The molecule has 0 saturated heterocycles. The lowest BCUT2D eigenvalue weighted by molar-refractivity contribution is -0.142. The molecule has 0 aliphatic heterocycles. The van der Waals surface area contributed by atoms with Crippen molar-refractivity contribution in [3.8, 4) is 5.69 Å². The number of carboxylic acid groups (broad SMARTS) is 1. The Kier molecular flexibility index (Phi) is 5.38. The molecule has 0 spiro atoms. The van der Waals surface area contributed by atoms with Crippen molar-refractivity contribution in [1.29, 1.82) is 0 Å². The van der Waals surface area contributed by atoms with Crippen molar-refractivity contribution in [2.24, 2.45) is 5.92 Å². The third-order valence-electron chi connectivity index (χ3n) is 4.37. The van der Waals surface area contributed by atoms with E-state index in [0.717, 1.165) is 31.4 Å². The van der Waals surface area contributed by atoms with Crippen LogP contribution < -0.4 is 5.32 Å². The van der Waals surface area contributed by atoms with Crippen molar-refractivity contribution < 1.29 is 9.90 Å². The Labute approximate surface area is 149 Å². The predicted octanol–water partition coefficient (Wildman–Crippen LogP) is 3.31. The predicted molar refractivity (Wildman–Crippen MR) is 91.6 cm³/mol. The Morgan fingerprint density at radius 2 is 2.04 bits per heavy atom. The fourth-order valence-corrected chi connectivity index (χ4v) is 3.34. The van der Waals surface area contributed by atoms with E-state index in [4.69, 9.17) is 28.3 Å². The topological polar surface area (TPSA) is 80.0 Å². The van der Waals surface area contributed by atoms with Crippen molar-refractivity contribution >= 4 is 29.2 Å². The van der Waals surface area contributed by atoms with Gasteiger partial charge in [0.1, 0.15) is 0 Å². The van der Waals surface area contributed by atoms with Gasteiger partial charge in [0.2, 0.25) is 0 Å². The van der Waals surface area contributed by atoms with Crippen LogP contribution in [0.15, 0.2) is 24.4 Å². The average molecular weight is 369 g/mol. The maximum atomic E-state index is 11.0. The fraction of sp³-hybridized carbons (Fsp3) is 0.438. The van der Waals surface area contributed by atoms with E-state index in [1.807, 2.05) is 18.3 Å². The fourth-order valence-electron chi connectivity index (χ4n) is 2.96. The molecule has 0 radical (unpaired) electrons. The van der Waals surface area contributed by atoms with Crippen LogP contribution in [0.1, 0.15) is 31.4 Å². The number of carbonyl (C=O) groups is 1. The number of hydrogen-bond acceptors (Lipinski definition) is 4. The van der Waals surface area contributed by atoms with Crippen molar-refractivity contribution in [2.75, 3.05) is 0 Å². The van der Waals surface area contributed by atoms with Crippen LogP contribution in [0.25, 0.3) is 5.69 Å². The summed E-state index contributed by atoms with van der Waals surface area (Å²) in [5, 5.41) is 21.6. The molecular weight excluding hydrogens is 351 g/mol. The van der Waals surface area contributed by atoms with Crippen LogP contribution in [0.2, 0.25) is 10.0 Å². The number of carboxylic acids is 1. The van der Waals surface area contributed by atoms with Gasteiger partial charge in [0.15, 0.2) is 0 Å². The zero-order valence-electron chi connectivity index (χ0n) is 13.0. The molecule has 1 aliphatic carbocycles. The zero-order valence-corrected chi connectivity index (χ0v) is 14.5. The molecule has 1 aliphatic rings. The van der Waals surface area contributed by atoms with Crippen molar-refractivity contribution in [1.82, 2.24) is 20.3 Å². The van der Waals surface area contributed by atoms with E-state index in [-0.39, 0.29) is 5.92 Å². The second-order valence-electron chi connectivity index (χ2n) is 6.00. The SMILES string of the molecule is O=C(O)C1CCC(NCc2cn(-c3cccc(Cl)c3Cl)nn2)CC1. The third-order valence-corrected chi connectivity index (χ3v) is 5.18. The van der Waals surface area contributed by atoms with Gasteiger partial charge in [-0.2, -0.15) is 0 Å². The Balaban J connectivity index is 1.57. The number of aliphatic carboxylic acids is 1. The van der Waals surface area contributed by atoms with Gasteiger partial charge in [-0.25, -0.2) is 4.68 Å². The first kappa shape index (κ1) is 17.2. The summed E-state index contributed by atoms with van der Waals surface area (Å²) < 4.78 is 1.60. The molecule has 1 fully saturated rings. The van der Waals surface area contributed by atoms with Gasteiger partial charge in [-0.15, -0.1) is 5.10 Å². The number of hydrogen-bond donors (Lipinski definition) is 2. The summed E-state index contributed by atoms with van der Waals surface area (Å²) in [6.45, 7) is 0.584. The second-order valence-corrected chi connectivity index (χ2v) is 6.78. The first-order valence-electron chi connectivity index (χ1n) is 7.86. The lowest BCUT2D eigenvalue weighted by Gasteiger charge is -2.26. The van der Waals surface area contributed by atoms with Crippen molar-refractivity contribution in [3.05, 3.63) is 40.1 Å². The molecule has 24 heavy (non-hydrogen) atoms. The highest BCUT2D eigenvalue weighted by Gasteiger charge is 2.25. The molecule has 2 N–H and O–H groups in total. The molecule has 0 unspecified atom stereocenters. The molecular formula is C16H18Cl2N4O2. The first-order valence-corrected chi connectivity index (χ1v) is 8.62. The summed E-state index contributed by atoms with van der Waals surface area (Å²) in [5.74, 6) is -0.885. The molecule has 1 aromatic heterocycles. The van der Waals surface area contributed by atoms with Gasteiger partial charge in [-0.1, -0.05) is 34.5 Å². The molecule has 0 atom stereocenters. The van der Waals surface area contributed by atoms with E-state index in [1.54, 1.807) is 10.7 Å². The maximum absolute atomic E-state index is 11.0. The van der Waals surface area contributed by atoms with E-state index in [2.05, 4.69) is 15.6 Å². The molecule has 1 heterocycles. The van der Waals surface area contributed by atoms with Gasteiger partial charge in [-0.05, 0) is 37.8 Å². The normalized spacial score (nSPS) is 20.9. The van der Waals surface area contributed by atoms with Gasteiger partial charge in [0, 0.05) is 12.6 Å². The third kappa shape index (κ3) is 3.88. The van der Waals surface area contributed by atoms with Crippen LogP contribution in [-0.4, -0.2) is 32.1 Å². The minimum atomic E-state index is -0.685. The van der Waals surface area contributed by atoms with E-state index in [9.17, 15) is 4.79 Å². The highest BCUT2D eigenvalue weighted by Crippen LogP contribution is 2.28. The standard InChI is InChI=1S/C16H18Cl2N4O2/c17-13-2-1-3-14(15(13)18)22-9-12(20-21-22)8-19-11-6-4-10(5-7-11)16(23)24/h1-3,9-11,19H,4-8H2,(H,23,24). The van der Waals surface area contributed by atoms with E-state index in [1.165, 1.54) is 0 Å². The molecule has 1 aromatic carbocycles. The minimum absolute atomic E-state index is 0.200. The van der Waals surface area contributed by atoms with Gasteiger partial charge >= 0.3 is 5.97 Å². The maximum Gasteiger partial charge on any atom is 0.306 e. The van der Waals surface area contributed by atoms with Crippen LogP contribution >= 0.6 is 23.2 Å². The molecule has 1 saturated carbocycles. The Bertz CT molecular complexity index is 727. The summed E-state index contributed by atoms with van der Waals surface area (Å²) >= 11 is 12.2. The summed E-state index contributed by atoms with van der Waals surface area (Å²) in [7, 11) is 0. The zero-order chi connectivity index (χ0) is 17.1. The van der Waals surface area contributed by atoms with Gasteiger partial charge in [0.25, 0.3) is 0 Å². The van der Waals surface area contributed by atoms with E-state index >= 15 is 0 Å². The molecule has 0 amide bonds. The Hall–Kier alpha value is -1.63. The minimum Gasteiger partial charge on any atom is -0.481 e. The monoisotopic (exact) mass is 368 g/mol. The smallest absolute Gasteiger partial charge is 0.306 e. The Morgan fingerprint density at radius 1 is 1.29 bits per heavy atom. The van der Waals surface area contributed by atoms with Crippen LogP contribution in [-0.2, 0) is 11.3 Å². The highest BCUT2D eigenvalue weighted by atomic mass is 35.5. The van der Waals surface area contributed by atoms with Crippen LogP contribution in [0.5, 0.6) is 0 Å². The lowest BCUT2D eigenvalue weighted by atomic mass is 9.86. The van der Waals surface area contributed by atoms with Crippen molar-refractivity contribution in [3.63, 3.8) is 0 Å². The van der Waals surface area contributed by atoms with Crippen LogP contribution in [0.3, 0.4) is 0 Å². The summed E-state index contributed by atoms with van der Waals surface area (Å²) in [6.07, 6.45) is 4.99.